The van der Waals surface area contributed by atoms with Crippen LogP contribution < -0.4 is 9.47 Å². The van der Waals surface area contributed by atoms with Gasteiger partial charge in [0.2, 0.25) is 12.0 Å². The SMILES string of the molecule is O=C(CSc1nc(C2CC2)nc2ccccc12)N1CCN(C(=O)C2COc3ccccc3O2)CC1. The van der Waals surface area contributed by atoms with Crippen molar-refractivity contribution in [2.24, 2.45) is 0 Å². The predicted molar refractivity (Wildman–Crippen MR) is 132 cm³/mol. The zero-order valence-electron chi connectivity index (χ0n) is 19.3. The molecule has 2 aromatic carbocycles. The van der Waals surface area contributed by atoms with E-state index in [2.05, 4.69) is 0 Å². The van der Waals surface area contributed by atoms with Crippen molar-refractivity contribution in [3.8, 4) is 11.5 Å². The minimum absolute atomic E-state index is 0.0592. The van der Waals surface area contributed by atoms with E-state index in [1.165, 1.54) is 11.8 Å². The van der Waals surface area contributed by atoms with Gasteiger partial charge in [0, 0.05) is 37.5 Å². The van der Waals surface area contributed by atoms with E-state index >= 15 is 0 Å². The van der Waals surface area contributed by atoms with Crippen LogP contribution >= 0.6 is 11.8 Å². The summed E-state index contributed by atoms with van der Waals surface area (Å²) in [6, 6.07) is 15.3. The lowest BCUT2D eigenvalue weighted by Crippen LogP contribution is -2.55. The van der Waals surface area contributed by atoms with E-state index in [1.54, 1.807) is 11.0 Å². The van der Waals surface area contributed by atoms with Crippen LogP contribution in [0.2, 0.25) is 0 Å². The molecule has 1 saturated carbocycles. The summed E-state index contributed by atoms with van der Waals surface area (Å²) in [5.74, 6) is 2.87. The normalized spacial score (nSPS) is 19.6. The summed E-state index contributed by atoms with van der Waals surface area (Å²) in [5.41, 5.74) is 0.933. The molecule has 1 saturated heterocycles. The maximum atomic E-state index is 13.0. The third-order valence-corrected chi connectivity index (χ3v) is 7.56. The zero-order valence-corrected chi connectivity index (χ0v) is 20.1. The summed E-state index contributed by atoms with van der Waals surface area (Å²) in [7, 11) is 0. The first-order valence-electron chi connectivity index (χ1n) is 12.0. The van der Waals surface area contributed by atoms with Crippen LogP contribution in [0, 0.1) is 0 Å². The molecule has 0 spiro atoms. The number of thioether (sulfide) groups is 1. The molecule has 0 N–H and O–H groups in total. The van der Waals surface area contributed by atoms with Gasteiger partial charge in [-0.1, -0.05) is 42.1 Å². The second-order valence-electron chi connectivity index (χ2n) is 9.04. The fourth-order valence-electron chi connectivity index (χ4n) is 4.44. The number of para-hydroxylation sites is 3. The number of piperazine rings is 1. The van der Waals surface area contributed by atoms with Crippen LogP contribution in [0.3, 0.4) is 0 Å². The molecular formula is C26H26N4O4S. The van der Waals surface area contributed by atoms with E-state index < -0.39 is 6.10 Å². The topological polar surface area (TPSA) is 84.9 Å². The highest BCUT2D eigenvalue weighted by Crippen LogP contribution is 2.40. The summed E-state index contributed by atoms with van der Waals surface area (Å²) >= 11 is 1.47. The summed E-state index contributed by atoms with van der Waals surface area (Å²) in [6.07, 6.45) is 1.61. The minimum Gasteiger partial charge on any atom is -0.485 e. The number of rotatable bonds is 5. The number of hydrogen-bond acceptors (Lipinski definition) is 7. The van der Waals surface area contributed by atoms with Gasteiger partial charge >= 0.3 is 0 Å². The Labute approximate surface area is 207 Å². The number of aromatic nitrogens is 2. The first-order valence-corrected chi connectivity index (χ1v) is 13.0. The molecule has 6 rings (SSSR count). The quantitative estimate of drug-likeness (QED) is 0.401. The second kappa shape index (κ2) is 9.37. The summed E-state index contributed by atoms with van der Waals surface area (Å²) in [4.78, 5) is 39.0. The van der Waals surface area contributed by atoms with Gasteiger partial charge in [0.15, 0.2) is 11.5 Å². The Morgan fingerprint density at radius 1 is 0.914 bits per heavy atom. The second-order valence-corrected chi connectivity index (χ2v) is 10.0. The molecule has 3 heterocycles. The lowest BCUT2D eigenvalue weighted by Gasteiger charge is -2.37. The number of benzene rings is 2. The molecule has 0 radical (unpaired) electrons. The Balaban J connectivity index is 1.04. The van der Waals surface area contributed by atoms with Crippen molar-refractivity contribution in [2.45, 2.75) is 29.9 Å². The van der Waals surface area contributed by atoms with Crippen LogP contribution in [0.1, 0.15) is 24.6 Å². The fourth-order valence-corrected chi connectivity index (χ4v) is 5.37. The molecule has 8 nitrogen and oxygen atoms in total. The van der Waals surface area contributed by atoms with Gasteiger partial charge in [-0.25, -0.2) is 9.97 Å². The van der Waals surface area contributed by atoms with E-state index in [-0.39, 0.29) is 18.4 Å². The fraction of sp³-hybridized carbons (Fsp3) is 0.385. The molecule has 35 heavy (non-hydrogen) atoms. The molecule has 2 amide bonds. The molecule has 3 aromatic rings. The van der Waals surface area contributed by atoms with Gasteiger partial charge in [-0.3, -0.25) is 9.59 Å². The Morgan fingerprint density at radius 2 is 1.63 bits per heavy atom. The van der Waals surface area contributed by atoms with Crippen LogP contribution in [-0.2, 0) is 9.59 Å². The Morgan fingerprint density at radius 3 is 2.43 bits per heavy atom. The van der Waals surface area contributed by atoms with Gasteiger partial charge in [-0.15, -0.1) is 0 Å². The highest BCUT2D eigenvalue weighted by Gasteiger charge is 2.33. The van der Waals surface area contributed by atoms with Gasteiger partial charge in [0.25, 0.3) is 5.91 Å². The number of amides is 2. The number of carbonyl (C=O) groups excluding carboxylic acids is 2. The highest BCUT2D eigenvalue weighted by molar-refractivity contribution is 8.00. The first-order chi connectivity index (χ1) is 17.2. The van der Waals surface area contributed by atoms with Crippen molar-refractivity contribution < 1.29 is 19.1 Å². The van der Waals surface area contributed by atoms with Gasteiger partial charge in [0.05, 0.1) is 11.3 Å². The van der Waals surface area contributed by atoms with E-state index in [0.717, 1.165) is 34.6 Å². The van der Waals surface area contributed by atoms with Crippen LogP contribution in [-0.4, -0.2) is 76.2 Å². The van der Waals surface area contributed by atoms with E-state index in [9.17, 15) is 9.59 Å². The largest absolute Gasteiger partial charge is 0.485 e. The average molecular weight is 491 g/mol. The molecule has 9 heteroatoms. The van der Waals surface area contributed by atoms with Crippen molar-refractivity contribution in [3.63, 3.8) is 0 Å². The number of carbonyl (C=O) groups is 2. The standard InChI is InChI=1S/C26H26N4O4S/c31-23(16-35-25-18-5-1-2-6-19(18)27-24(28-25)17-9-10-17)29-11-13-30(14-12-29)26(32)22-15-33-20-7-3-4-8-21(20)34-22/h1-8,17,22H,9-16H2. The van der Waals surface area contributed by atoms with Crippen molar-refractivity contribution in [3.05, 3.63) is 54.4 Å². The Hall–Kier alpha value is -3.33. The Bertz CT molecular complexity index is 1270. The van der Waals surface area contributed by atoms with Crippen molar-refractivity contribution in [1.82, 2.24) is 19.8 Å². The average Bonchev–Trinajstić information content (AvgIpc) is 3.76. The summed E-state index contributed by atoms with van der Waals surface area (Å²) in [5, 5.41) is 1.86. The molecule has 2 aliphatic heterocycles. The van der Waals surface area contributed by atoms with Gasteiger partial charge in [-0.2, -0.15) is 0 Å². The monoisotopic (exact) mass is 490 g/mol. The lowest BCUT2D eigenvalue weighted by molar-refractivity contribution is -0.145. The van der Waals surface area contributed by atoms with E-state index in [1.807, 2.05) is 47.4 Å². The molecule has 2 fully saturated rings. The lowest BCUT2D eigenvalue weighted by atomic mass is 10.2. The Kier molecular flexibility index (Phi) is 5.93. The smallest absolute Gasteiger partial charge is 0.267 e. The molecule has 1 aliphatic carbocycles. The van der Waals surface area contributed by atoms with E-state index in [0.29, 0.717) is 49.3 Å². The number of ether oxygens (including phenoxy) is 2. The van der Waals surface area contributed by atoms with Gasteiger partial charge in [-0.05, 0) is 31.0 Å². The zero-order chi connectivity index (χ0) is 23.8. The molecule has 0 bridgehead atoms. The maximum Gasteiger partial charge on any atom is 0.267 e. The summed E-state index contributed by atoms with van der Waals surface area (Å²) in [6.45, 7) is 2.18. The van der Waals surface area contributed by atoms with Crippen LogP contribution in [0.25, 0.3) is 10.9 Å². The molecule has 3 aliphatic rings. The molecule has 1 aromatic heterocycles. The molecular weight excluding hydrogens is 464 g/mol. The van der Waals surface area contributed by atoms with Gasteiger partial charge in [0.1, 0.15) is 17.5 Å². The maximum absolute atomic E-state index is 13.0. The third-order valence-electron chi connectivity index (χ3n) is 6.59. The summed E-state index contributed by atoms with van der Waals surface area (Å²) < 4.78 is 11.6. The third kappa shape index (κ3) is 4.65. The number of hydrogen-bond donors (Lipinski definition) is 0. The van der Waals surface area contributed by atoms with Crippen LogP contribution in [0.15, 0.2) is 53.6 Å². The van der Waals surface area contributed by atoms with Gasteiger partial charge < -0.3 is 19.3 Å². The predicted octanol–water partition coefficient (Wildman–Crippen LogP) is 3.11. The minimum atomic E-state index is -0.658. The van der Waals surface area contributed by atoms with Crippen molar-refractivity contribution in [1.29, 1.82) is 0 Å². The van der Waals surface area contributed by atoms with Crippen LogP contribution in [0.4, 0.5) is 0 Å². The number of fused-ring (bicyclic) bond motifs is 2. The van der Waals surface area contributed by atoms with Crippen molar-refractivity contribution >= 4 is 34.5 Å². The van der Waals surface area contributed by atoms with E-state index in [4.69, 9.17) is 19.4 Å². The number of nitrogens with zero attached hydrogens (tertiary/aromatic N) is 4. The van der Waals surface area contributed by atoms with Crippen LogP contribution in [0.5, 0.6) is 11.5 Å². The molecule has 1 atom stereocenters. The first kappa shape index (κ1) is 22.2. The molecule has 1 unspecified atom stereocenters. The van der Waals surface area contributed by atoms with Crippen molar-refractivity contribution in [2.75, 3.05) is 38.5 Å². The highest BCUT2D eigenvalue weighted by atomic mass is 32.2. The molecule has 180 valence electrons.